The van der Waals surface area contributed by atoms with Crippen LogP contribution in [0, 0.1) is 16.7 Å². The second-order valence-corrected chi connectivity index (χ2v) is 9.26. The lowest BCUT2D eigenvalue weighted by Crippen LogP contribution is -2.39. The minimum absolute atomic E-state index is 0.0316. The van der Waals surface area contributed by atoms with E-state index in [0.717, 1.165) is 36.0 Å². The van der Waals surface area contributed by atoms with Gasteiger partial charge in [-0.3, -0.25) is 9.78 Å². The number of fused-ring (bicyclic) bond motifs is 5. The highest BCUT2D eigenvalue weighted by Crippen LogP contribution is 2.77. The van der Waals surface area contributed by atoms with Crippen molar-refractivity contribution in [3.63, 3.8) is 0 Å². The SMILES string of the molecule is N#Cc1cc(NC(=O)[C@]23C[C@@]2(c2ccncc2)[C@@H]2CC[C@H]3O2)ccc1-c1ccccc1Cl. The molecule has 0 spiro atoms. The molecule has 2 saturated heterocycles. The Morgan fingerprint density at radius 2 is 1.88 bits per heavy atom. The summed E-state index contributed by atoms with van der Waals surface area (Å²) in [5, 5.41) is 13.4. The lowest BCUT2D eigenvalue weighted by Gasteiger charge is -2.26. The molecule has 1 aliphatic carbocycles. The summed E-state index contributed by atoms with van der Waals surface area (Å²) in [5.74, 6) is -0.0316. The van der Waals surface area contributed by atoms with E-state index in [2.05, 4.69) is 16.4 Å². The van der Waals surface area contributed by atoms with Crippen molar-refractivity contribution in [2.24, 2.45) is 5.41 Å². The van der Waals surface area contributed by atoms with Gasteiger partial charge in [0, 0.05) is 39.6 Å². The molecule has 3 fully saturated rings. The molecule has 158 valence electrons. The van der Waals surface area contributed by atoms with Crippen molar-refractivity contribution in [1.82, 2.24) is 4.98 Å². The number of amides is 1. The van der Waals surface area contributed by atoms with Crippen molar-refractivity contribution in [2.45, 2.75) is 36.9 Å². The zero-order chi connectivity index (χ0) is 21.9. The van der Waals surface area contributed by atoms with Crippen LogP contribution < -0.4 is 5.32 Å². The number of carbonyl (C=O) groups excluding carboxylic acids is 1. The third-order valence-electron chi connectivity index (χ3n) is 7.51. The number of ether oxygens (including phenoxy) is 1. The van der Waals surface area contributed by atoms with Gasteiger partial charge >= 0.3 is 0 Å². The van der Waals surface area contributed by atoms with Crippen molar-refractivity contribution in [1.29, 1.82) is 5.26 Å². The lowest BCUT2D eigenvalue weighted by molar-refractivity contribution is -0.124. The van der Waals surface area contributed by atoms with Crippen LogP contribution in [0.15, 0.2) is 67.0 Å². The normalized spacial score (nSPS) is 29.2. The fourth-order valence-corrected chi connectivity index (χ4v) is 6.29. The van der Waals surface area contributed by atoms with Gasteiger partial charge in [0.2, 0.25) is 5.91 Å². The highest BCUT2D eigenvalue weighted by molar-refractivity contribution is 6.33. The molecule has 2 bridgehead atoms. The minimum Gasteiger partial charge on any atom is -0.373 e. The fourth-order valence-electron chi connectivity index (χ4n) is 6.06. The zero-order valence-corrected chi connectivity index (χ0v) is 18.0. The number of nitriles is 1. The molecular weight excluding hydrogens is 422 g/mol. The van der Waals surface area contributed by atoms with Gasteiger partial charge in [-0.2, -0.15) is 5.26 Å². The molecule has 6 heteroatoms. The quantitative estimate of drug-likeness (QED) is 0.611. The highest BCUT2D eigenvalue weighted by Gasteiger charge is 2.85. The first kappa shape index (κ1) is 19.5. The molecule has 4 atom stereocenters. The summed E-state index contributed by atoms with van der Waals surface area (Å²) >= 11 is 6.33. The summed E-state index contributed by atoms with van der Waals surface area (Å²) in [6.07, 6.45) is 6.23. The number of rotatable bonds is 4. The van der Waals surface area contributed by atoms with Crippen LogP contribution in [0.1, 0.15) is 30.4 Å². The average Bonchev–Trinajstić information content (AvgIpc) is 3.23. The standard InChI is InChI=1S/C26H20ClN3O2/c27-21-4-2-1-3-20(21)19-6-5-18(13-16(19)14-28)30-24(31)26-15-25(26,17-9-11-29-12-10-17)22-7-8-23(26)32-22/h1-6,9-13,22-23H,7-8,15H2,(H,30,31)/t22-,23+,25+,26+/m0/s1. The maximum atomic E-state index is 13.6. The monoisotopic (exact) mass is 441 g/mol. The number of aromatic nitrogens is 1. The van der Waals surface area contributed by atoms with Gasteiger partial charge in [-0.25, -0.2) is 0 Å². The average molecular weight is 442 g/mol. The smallest absolute Gasteiger partial charge is 0.234 e. The first-order valence-electron chi connectivity index (χ1n) is 10.8. The summed E-state index contributed by atoms with van der Waals surface area (Å²) in [6.45, 7) is 0. The van der Waals surface area contributed by atoms with Crippen LogP contribution in [0.4, 0.5) is 5.69 Å². The number of anilines is 1. The number of carbonyl (C=O) groups is 1. The van der Waals surface area contributed by atoms with Gasteiger partial charge in [0.1, 0.15) is 0 Å². The fraction of sp³-hybridized carbons (Fsp3) is 0.269. The molecule has 0 radical (unpaired) electrons. The van der Waals surface area contributed by atoms with Gasteiger partial charge in [0.05, 0.1) is 29.3 Å². The van der Waals surface area contributed by atoms with Crippen LogP contribution in [-0.4, -0.2) is 23.1 Å². The molecular formula is C26H20ClN3O2. The van der Waals surface area contributed by atoms with Gasteiger partial charge in [-0.1, -0.05) is 35.9 Å². The molecule has 32 heavy (non-hydrogen) atoms. The molecule has 2 aliphatic heterocycles. The van der Waals surface area contributed by atoms with E-state index in [1.54, 1.807) is 24.5 Å². The molecule has 1 N–H and O–H groups in total. The Kier molecular flexibility index (Phi) is 4.20. The van der Waals surface area contributed by atoms with Crippen molar-refractivity contribution in [3.05, 3.63) is 83.1 Å². The van der Waals surface area contributed by atoms with Gasteiger partial charge in [-0.05, 0) is 55.2 Å². The molecule has 3 aliphatic rings. The Labute approximate surface area is 191 Å². The second kappa shape index (κ2) is 6.90. The van der Waals surface area contributed by atoms with Crippen molar-refractivity contribution < 1.29 is 9.53 Å². The predicted molar refractivity (Wildman–Crippen MR) is 121 cm³/mol. The molecule has 1 saturated carbocycles. The maximum absolute atomic E-state index is 13.6. The molecule has 5 nitrogen and oxygen atoms in total. The van der Waals surface area contributed by atoms with E-state index in [1.165, 1.54) is 0 Å². The van der Waals surface area contributed by atoms with Crippen LogP contribution in [0.3, 0.4) is 0 Å². The molecule has 3 heterocycles. The third-order valence-corrected chi connectivity index (χ3v) is 7.84. The van der Waals surface area contributed by atoms with E-state index in [4.69, 9.17) is 16.3 Å². The summed E-state index contributed by atoms with van der Waals surface area (Å²) in [4.78, 5) is 17.8. The van der Waals surface area contributed by atoms with Crippen molar-refractivity contribution in [2.75, 3.05) is 5.32 Å². The van der Waals surface area contributed by atoms with E-state index in [9.17, 15) is 10.1 Å². The topological polar surface area (TPSA) is 75.0 Å². The van der Waals surface area contributed by atoms with Gasteiger partial charge in [0.15, 0.2) is 0 Å². The lowest BCUT2D eigenvalue weighted by atomic mass is 9.75. The van der Waals surface area contributed by atoms with Crippen molar-refractivity contribution in [3.8, 4) is 17.2 Å². The zero-order valence-electron chi connectivity index (χ0n) is 17.2. The summed E-state index contributed by atoms with van der Waals surface area (Å²) in [7, 11) is 0. The molecule has 2 aromatic carbocycles. The third kappa shape index (κ3) is 2.48. The van der Waals surface area contributed by atoms with E-state index < -0.39 is 5.41 Å². The summed E-state index contributed by atoms with van der Waals surface area (Å²) in [5.41, 5.74) is 2.90. The number of hydrogen-bond acceptors (Lipinski definition) is 4. The first-order chi connectivity index (χ1) is 15.6. The molecule has 0 unspecified atom stereocenters. The molecule has 1 aromatic heterocycles. The van der Waals surface area contributed by atoms with Crippen molar-refractivity contribution >= 4 is 23.2 Å². The largest absolute Gasteiger partial charge is 0.373 e. The number of nitrogens with zero attached hydrogens (tertiary/aromatic N) is 2. The molecule has 1 amide bonds. The number of pyridine rings is 1. The Hall–Kier alpha value is -3.20. The van der Waals surface area contributed by atoms with E-state index in [0.29, 0.717) is 16.3 Å². The number of halogens is 1. The van der Waals surface area contributed by atoms with E-state index >= 15 is 0 Å². The molecule has 3 aromatic rings. The molecule has 6 rings (SSSR count). The van der Waals surface area contributed by atoms with Crippen LogP contribution in [0.5, 0.6) is 0 Å². The number of hydrogen-bond donors (Lipinski definition) is 1. The van der Waals surface area contributed by atoms with Gasteiger partial charge in [0.25, 0.3) is 0 Å². The van der Waals surface area contributed by atoms with Crippen LogP contribution in [-0.2, 0) is 14.9 Å². The van der Waals surface area contributed by atoms with Crippen LogP contribution >= 0.6 is 11.6 Å². The Bertz CT molecular complexity index is 1290. The minimum atomic E-state index is -0.564. The second-order valence-electron chi connectivity index (χ2n) is 8.85. The summed E-state index contributed by atoms with van der Waals surface area (Å²) in [6, 6.07) is 19.1. The van der Waals surface area contributed by atoms with Crippen LogP contribution in [0.2, 0.25) is 5.02 Å². The first-order valence-corrected chi connectivity index (χ1v) is 11.1. The maximum Gasteiger partial charge on any atom is 0.234 e. The number of nitrogens with one attached hydrogen (secondary N) is 1. The van der Waals surface area contributed by atoms with Gasteiger partial charge in [-0.15, -0.1) is 0 Å². The number of benzene rings is 2. The Balaban J connectivity index is 1.33. The Morgan fingerprint density at radius 3 is 2.66 bits per heavy atom. The van der Waals surface area contributed by atoms with E-state index in [-0.39, 0.29) is 23.5 Å². The van der Waals surface area contributed by atoms with Crippen LogP contribution in [0.25, 0.3) is 11.1 Å². The van der Waals surface area contributed by atoms with E-state index in [1.807, 2.05) is 42.5 Å². The summed E-state index contributed by atoms with van der Waals surface area (Å²) < 4.78 is 6.24. The Morgan fingerprint density at radius 1 is 1.09 bits per heavy atom. The predicted octanol–water partition coefficient (Wildman–Crippen LogP) is 5.10. The highest BCUT2D eigenvalue weighted by atomic mass is 35.5. The van der Waals surface area contributed by atoms with Gasteiger partial charge < -0.3 is 10.1 Å².